The van der Waals surface area contributed by atoms with Crippen LogP contribution >= 0.6 is 11.6 Å². The van der Waals surface area contributed by atoms with Gasteiger partial charge in [-0.15, -0.1) is 11.6 Å². The van der Waals surface area contributed by atoms with Crippen LogP contribution in [-0.2, 0) is 19.0 Å². The van der Waals surface area contributed by atoms with E-state index in [4.69, 9.17) is 25.8 Å². The van der Waals surface area contributed by atoms with Crippen LogP contribution in [0.25, 0.3) is 0 Å². The first kappa shape index (κ1) is 14.3. The van der Waals surface area contributed by atoms with Crippen molar-refractivity contribution in [2.45, 2.75) is 61.6 Å². The van der Waals surface area contributed by atoms with E-state index in [1.807, 2.05) is 0 Å². The molecule has 1 saturated heterocycles. The Labute approximate surface area is 122 Å². The number of halogens is 1. The van der Waals surface area contributed by atoms with Crippen LogP contribution in [-0.4, -0.2) is 47.7 Å². The summed E-state index contributed by atoms with van der Waals surface area (Å²) in [7, 11) is 1.29. The second kappa shape index (κ2) is 5.30. The molecule has 0 amide bonds. The lowest BCUT2D eigenvalue weighted by Crippen LogP contribution is -2.46. The van der Waals surface area contributed by atoms with Gasteiger partial charge in [-0.2, -0.15) is 0 Å². The molecule has 0 radical (unpaired) electrons. The maximum Gasteiger partial charge on any atom is 0.335 e. The number of alkyl halides is 1. The molecule has 5 nitrogen and oxygen atoms in total. The molecule has 0 bridgehead atoms. The van der Waals surface area contributed by atoms with Gasteiger partial charge in [-0.1, -0.05) is 6.42 Å². The highest BCUT2D eigenvalue weighted by Crippen LogP contribution is 2.44. The van der Waals surface area contributed by atoms with E-state index in [-0.39, 0.29) is 5.57 Å². The van der Waals surface area contributed by atoms with Crippen molar-refractivity contribution in [3.8, 4) is 0 Å². The van der Waals surface area contributed by atoms with E-state index in [9.17, 15) is 9.90 Å². The molecule has 20 heavy (non-hydrogen) atoms. The fourth-order valence-electron chi connectivity index (χ4n) is 3.29. The lowest BCUT2D eigenvalue weighted by atomic mass is 9.92. The van der Waals surface area contributed by atoms with E-state index >= 15 is 0 Å². The molecule has 1 spiro atoms. The van der Waals surface area contributed by atoms with Crippen LogP contribution in [0.3, 0.4) is 0 Å². The summed E-state index contributed by atoms with van der Waals surface area (Å²) in [5.74, 6) is -1.15. The second-order valence-corrected chi connectivity index (χ2v) is 6.11. The van der Waals surface area contributed by atoms with Gasteiger partial charge in [-0.3, -0.25) is 0 Å². The second-order valence-electron chi connectivity index (χ2n) is 5.64. The minimum atomic E-state index is -0.970. The summed E-state index contributed by atoms with van der Waals surface area (Å²) in [4.78, 5) is 11.7. The van der Waals surface area contributed by atoms with E-state index < -0.39 is 35.4 Å². The Morgan fingerprint density at radius 3 is 2.75 bits per heavy atom. The minimum absolute atomic E-state index is 0.249. The Kier molecular flexibility index (Phi) is 3.79. The van der Waals surface area contributed by atoms with Gasteiger partial charge in [0.1, 0.15) is 18.3 Å². The Morgan fingerprint density at radius 1 is 1.40 bits per heavy atom. The maximum atomic E-state index is 11.7. The van der Waals surface area contributed by atoms with Gasteiger partial charge in [0.05, 0.1) is 18.1 Å². The van der Waals surface area contributed by atoms with Gasteiger partial charge in [-0.25, -0.2) is 4.79 Å². The summed E-state index contributed by atoms with van der Waals surface area (Å²) in [6.07, 6.45) is 4.64. The van der Waals surface area contributed by atoms with Crippen LogP contribution in [0.2, 0.25) is 0 Å². The van der Waals surface area contributed by atoms with Crippen LogP contribution in [0.1, 0.15) is 32.1 Å². The molecule has 4 atom stereocenters. The van der Waals surface area contributed by atoms with Crippen LogP contribution in [0, 0.1) is 0 Å². The van der Waals surface area contributed by atoms with Gasteiger partial charge >= 0.3 is 5.97 Å². The number of hydrogen-bond acceptors (Lipinski definition) is 5. The molecule has 112 valence electrons. The van der Waals surface area contributed by atoms with Gasteiger partial charge in [0.2, 0.25) is 0 Å². The van der Waals surface area contributed by atoms with Crippen molar-refractivity contribution < 1.29 is 24.1 Å². The zero-order valence-corrected chi connectivity index (χ0v) is 12.1. The molecular weight excluding hydrogens is 284 g/mol. The van der Waals surface area contributed by atoms with E-state index in [2.05, 4.69) is 0 Å². The molecular formula is C14H19ClO5. The summed E-state index contributed by atoms with van der Waals surface area (Å²) in [5, 5.41) is 9.46. The Morgan fingerprint density at radius 2 is 2.10 bits per heavy atom. The number of esters is 1. The van der Waals surface area contributed by atoms with Gasteiger partial charge < -0.3 is 19.3 Å². The van der Waals surface area contributed by atoms with E-state index in [0.717, 1.165) is 25.7 Å². The molecule has 1 heterocycles. The number of methoxy groups -OCH3 is 1. The molecule has 0 aromatic carbocycles. The largest absolute Gasteiger partial charge is 0.466 e. The van der Waals surface area contributed by atoms with Crippen molar-refractivity contribution in [1.82, 2.24) is 0 Å². The normalized spacial score (nSPS) is 39.2. The summed E-state index contributed by atoms with van der Waals surface area (Å²) >= 11 is 6.15. The number of ether oxygens (including phenoxy) is 3. The zero-order chi connectivity index (χ0) is 14.3. The highest BCUT2D eigenvalue weighted by Gasteiger charge is 2.54. The zero-order valence-electron chi connectivity index (χ0n) is 11.4. The highest BCUT2D eigenvalue weighted by molar-refractivity contribution is 6.25. The third-order valence-electron chi connectivity index (χ3n) is 4.34. The van der Waals surface area contributed by atoms with Gasteiger partial charge in [-0.05, 0) is 18.9 Å². The quantitative estimate of drug-likeness (QED) is 0.587. The van der Waals surface area contributed by atoms with E-state index in [0.29, 0.717) is 0 Å². The number of hydrogen-bond donors (Lipinski definition) is 1. The third-order valence-corrected chi connectivity index (χ3v) is 4.83. The molecule has 3 rings (SSSR count). The number of carbonyl (C=O) groups excluding carboxylic acids is 1. The molecule has 3 aliphatic rings. The smallest absolute Gasteiger partial charge is 0.335 e. The summed E-state index contributed by atoms with van der Waals surface area (Å²) in [6.45, 7) is 0. The molecule has 1 N–H and O–H groups in total. The van der Waals surface area contributed by atoms with Crippen molar-refractivity contribution in [2.24, 2.45) is 0 Å². The average molecular weight is 303 g/mol. The van der Waals surface area contributed by atoms with Crippen LogP contribution in [0.4, 0.5) is 0 Å². The van der Waals surface area contributed by atoms with Crippen molar-refractivity contribution in [1.29, 1.82) is 0 Å². The molecule has 6 heteroatoms. The minimum Gasteiger partial charge on any atom is -0.466 e. The monoisotopic (exact) mass is 302 g/mol. The average Bonchev–Trinajstić information content (AvgIpc) is 2.81. The summed E-state index contributed by atoms with van der Waals surface area (Å²) in [6, 6.07) is 0. The highest BCUT2D eigenvalue weighted by atomic mass is 35.5. The van der Waals surface area contributed by atoms with Crippen molar-refractivity contribution in [3.05, 3.63) is 11.6 Å². The Bertz CT molecular complexity index is 429. The summed E-state index contributed by atoms with van der Waals surface area (Å²) in [5.41, 5.74) is 0.249. The maximum absolute atomic E-state index is 11.7. The molecule has 0 aromatic rings. The molecule has 2 aliphatic carbocycles. The standard InChI is InChI=1S/C14H19ClO5/c1-18-13(17)8-7-9-12(11(16)10(8)15)20-14(19-9)5-3-2-4-6-14/h7,9-12,16H,2-6H2,1H3/t9-,10-,11-,12-/m1/s1. The van der Waals surface area contributed by atoms with Crippen molar-refractivity contribution in [2.75, 3.05) is 7.11 Å². The predicted octanol–water partition coefficient (Wildman–Crippen LogP) is 1.51. The number of aliphatic hydroxyl groups excluding tert-OH is 1. The number of fused-ring (bicyclic) bond motifs is 1. The number of carbonyl (C=O) groups is 1. The van der Waals surface area contributed by atoms with Crippen molar-refractivity contribution in [3.63, 3.8) is 0 Å². The van der Waals surface area contributed by atoms with Crippen LogP contribution < -0.4 is 0 Å². The SMILES string of the molecule is COC(=O)C1=C[C@H]2OC3(CCCCC3)O[C@H]2[C@H](O)[C@@H]1Cl. The van der Waals surface area contributed by atoms with Gasteiger partial charge in [0.25, 0.3) is 0 Å². The predicted molar refractivity (Wildman–Crippen MR) is 71.3 cm³/mol. The first-order chi connectivity index (χ1) is 9.56. The molecule has 0 aromatic heterocycles. The number of rotatable bonds is 1. The van der Waals surface area contributed by atoms with E-state index in [1.54, 1.807) is 6.08 Å². The van der Waals surface area contributed by atoms with Crippen LogP contribution in [0.5, 0.6) is 0 Å². The third kappa shape index (κ3) is 2.26. The number of aliphatic hydroxyl groups is 1. The Hall–Kier alpha value is -0.620. The van der Waals surface area contributed by atoms with Crippen molar-refractivity contribution >= 4 is 17.6 Å². The molecule has 1 saturated carbocycles. The van der Waals surface area contributed by atoms with Gasteiger partial charge in [0.15, 0.2) is 5.79 Å². The molecule has 2 fully saturated rings. The lowest BCUT2D eigenvalue weighted by Gasteiger charge is -2.32. The lowest BCUT2D eigenvalue weighted by molar-refractivity contribution is -0.197. The van der Waals surface area contributed by atoms with E-state index in [1.165, 1.54) is 13.5 Å². The summed E-state index contributed by atoms with van der Waals surface area (Å²) < 4.78 is 16.7. The fraction of sp³-hybridized carbons (Fsp3) is 0.786. The first-order valence-corrected chi connectivity index (χ1v) is 7.48. The first-order valence-electron chi connectivity index (χ1n) is 7.04. The topological polar surface area (TPSA) is 65.0 Å². The van der Waals surface area contributed by atoms with Gasteiger partial charge in [0, 0.05) is 12.8 Å². The molecule has 1 aliphatic heterocycles. The van der Waals surface area contributed by atoms with Crippen LogP contribution in [0.15, 0.2) is 11.6 Å². The fourth-order valence-corrected chi connectivity index (χ4v) is 3.60. The molecule has 0 unspecified atom stereocenters. The Balaban J connectivity index is 1.85.